The van der Waals surface area contributed by atoms with Crippen LogP contribution in [0, 0.1) is 6.92 Å². The fourth-order valence-electron chi connectivity index (χ4n) is 1.80. The number of urea groups is 1. The van der Waals surface area contributed by atoms with Crippen molar-refractivity contribution in [3.8, 4) is 0 Å². The maximum Gasteiger partial charge on any atom is 0.331 e. The van der Waals surface area contributed by atoms with Gasteiger partial charge in [0.15, 0.2) is 0 Å². The third kappa shape index (κ3) is 4.11. The van der Waals surface area contributed by atoms with Crippen LogP contribution in [-0.4, -0.2) is 32.9 Å². The van der Waals surface area contributed by atoms with Crippen LogP contribution in [0.5, 0.6) is 0 Å². The van der Waals surface area contributed by atoms with Crippen LogP contribution in [0.15, 0.2) is 52.0 Å². The summed E-state index contributed by atoms with van der Waals surface area (Å²) in [4.78, 5) is 13.3. The number of hydrogen-bond donors (Lipinski definition) is 1. The number of nitrogens with one attached hydrogen (secondary N) is 1. The van der Waals surface area contributed by atoms with Crippen LogP contribution in [0.1, 0.15) is 11.3 Å². The molecule has 0 atom stereocenters. The average Bonchev–Trinajstić information content (AvgIpc) is 2.98. The summed E-state index contributed by atoms with van der Waals surface area (Å²) in [5, 5.41) is 0. The molecule has 0 bridgehead atoms. The van der Waals surface area contributed by atoms with E-state index in [9.17, 15) is 13.2 Å². The van der Waals surface area contributed by atoms with E-state index in [1.807, 2.05) is 6.92 Å². The molecule has 118 valence electrons. The van der Waals surface area contributed by atoms with E-state index in [2.05, 4.69) is 4.72 Å². The molecule has 2 aromatic rings. The van der Waals surface area contributed by atoms with Gasteiger partial charge in [0.05, 0.1) is 11.2 Å². The maximum atomic E-state index is 12.1. The summed E-state index contributed by atoms with van der Waals surface area (Å²) in [6, 6.07) is 9.18. The van der Waals surface area contributed by atoms with Gasteiger partial charge in [0.1, 0.15) is 5.76 Å². The van der Waals surface area contributed by atoms with Gasteiger partial charge >= 0.3 is 6.03 Å². The molecule has 0 spiro atoms. The summed E-state index contributed by atoms with van der Waals surface area (Å²) >= 11 is 0. The number of amides is 2. The lowest BCUT2D eigenvalue weighted by molar-refractivity contribution is 0.214. The highest BCUT2D eigenvalue weighted by molar-refractivity contribution is 7.90. The van der Waals surface area contributed by atoms with Crippen molar-refractivity contribution in [2.75, 3.05) is 13.6 Å². The summed E-state index contributed by atoms with van der Waals surface area (Å²) in [7, 11) is -2.33. The number of rotatable bonds is 5. The van der Waals surface area contributed by atoms with E-state index >= 15 is 0 Å². The van der Waals surface area contributed by atoms with E-state index in [0.717, 1.165) is 11.3 Å². The van der Waals surface area contributed by atoms with E-state index in [1.54, 1.807) is 30.5 Å². The number of likely N-dealkylation sites (N-methyl/N-ethyl adjacent to an activating group) is 1. The fraction of sp³-hybridized carbons (Fsp3) is 0.267. The minimum atomic E-state index is -3.86. The molecular formula is C15H18N2O4S. The van der Waals surface area contributed by atoms with Crippen molar-refractivity contribution in [1.29, 1.82) is 0 Å². The first-order valence-corrected chi connectivity index (χ1v) is 8.24. The molecule has 2 rings (SSSR count). The SMILES string of the molecule is Cc1ccc(S(=O)(=O)NC(=O)N(C)CCc2ccco2)cc1. The largest absolute Gasteiger partial charge is 0.469 e. The zero-order valence-corrected chi connectivity index (χ0v) is 13.3. The third-order valence-electron chi connectivity index (χ3n) is 3.17. The Bertz CT molecular complexity index is 721. The molecule has 0 saturated carbocycles. The Morgan fingerprint density at radius 2 is 1.91 bits per heavy atom. The van der Waals surface area contributed by atoms with Gasteiger partial charge in [0, 0.05) is 20.0 Å². The van der Waals surface area contributed by atoms with Gasteiger partial charge < -0.3 is 9.32 Å². The average molecular weight is 322 g/mol. The van der Waals surface area contributed by atoms with E-state index in [4.69, 9.17) is 4.42 Å². The number of benzene rings is 1. The van der Waals surface area contributed by atoms with Crippen molar-refractivity contribution in [3.05, 3.63) is 54.0 Å². The first-order valence-electron chi connectivity index (χ1n) is 6.75. The quantitative estimate of drug-likeness (QED) is 0.915. The normalized spacial score (nSPS) is 11.2. The molecule has 0 radical (unpaired) electrons. The molecule has 6 nitrogen and oxygen atoms in total. The highest BCUT2D eigenvalue weighted by Gasteiger charge is 2.19. The topological polar surface area (TPSA) is 79.6 Å². The summed E-state index contributed by atoms with van der Waals surface area (Å²) in [6.45, 7) is 2.21. The third-order valence-corrected chi connectivity index (χ3v) is 4.51. The van der Waals surface area contributed by atoms with Gasteiger partial charge in [-0.1, -0.05) is 17.7 Å². The molecule has 0 aliphatic rings. The standard InChI is InChI=1S/C15H18N2O4S/c1-12-5-7-14(8-6-12)22(19,20)16-15(18)17(2)10-9-13-4-3-11-21-13/h3-8,11H,9-10H2,1-2H3,(H,16,18). The number of carbonyl (C=O) groups excluding carboxylic acids is 1. The van der Waals surface area contributed by atoms with Crippen LogP contribution < -0.4 is 4.72 Å². The lowest BCUT2D eigenvalue weighted by Gasteiger charge is -2.17. The van der Waals surface area contributed by atoms with Crippen LogP contribution in [0.3, 0.4) is 0 Å². The van der Waals surface area contributed by atoms with Gasteiger partial charge in [0.2, 0.25) is 0 Å². The van der Waals surface area contributed by atoms with Gasteiger partial charge in [-0.15, -0.1) is 0 Å². The second kappa shape index (κ2) is 6.65. The highest BCUT2D eigenvalue weighted by Crippen LogP contribution is 2.10. The molecule has 0 saturated heterocycles. The molecule has 0 aliphatic heterocycles. The second-order valence-electron chi connectivity index (χ2n) is 4.97. The number of carbonyl (C=O) groups is 1. The van der Waals surface area contributed by atoms with Crippen LogP contribution in [-0.2, 0) is 16.4 Å². The lowest BCUT2D eigenvalue weighted by atomic mass is 10.2. The van der Waals surface area contributed by atoms with Crippen LogP contribution in [0.4, 0.5) is 4.79 Å². The summed E-state index contributed by atoms with van der Waals surface area (Å²) in [6.07, 6.45) is 2.07. The van der Waals surface area contributed by atoms with Gasteiger partial charge in [-0.25, -0.2) is 17.9 Å². The Balaban J connectivity index is 1.96. The first kappa shape index (κ1) is 16.1. The fourth-order valence-corrected chi connectivity index (χ4v) is 2.80. The Hall–Kier alpha value is -2.28. The number of sulfonamides is 1. The van der Waals surface area contributed by atoms with E-state index in [0.29, 0.717) is 13.0 Å². The number of aryl methyl sites for hydroxylation is 1. The van der Waals surface area contributed by atoms with Crippen molar-refractivity contribution >= 4 is 16.1 Å². The summed E-state index contributed by atoms with van der Waals surface area (Å²) < 4.78 is 31.4. The highest BCUT2D eigenvalue weighted by atomic mass is 32.2. The Kier molecular flexibility index (Phi) is 4.87. The van der Waals surface area contributed by atoms with Crippen LogP contribution >= 0.6 is 0 Å². The molecule has 7 heteroatoms. The Morgan fingerprint density at radius 3 is 2.50 bits per heavy atom. The zero-order valence-electron chi connectivity index (χ0n) is 12.4. The lowest BCUT2D eigenvalue weighted by Crippen LogP contribution is -2.41. The Labute approximate surface area is 129 Å². The zero-order chi connectivity index (χ0) is 16.2. The van der Waals surface area contributed by atoms with Gasteiger partial charge in [0.25, 0.3) is 10.0 Å². The summed E-state index contributed by atoms with van der Waals surface area (Å²) in [5.74, 6) is 0.737. The van der Waals surface area contributed by atoms with E-state index in [1.165, 1.54) is 24.1 Å². The molecular weight excluding hydrogens is 304 g/mol. The van der Waals surface area contributed by atoms with Crippen molar-refractivity contribution in [1.82, 2.24) is 9.62 Å². The molecule has 0 unspecified atom stereocenters. The molecule has 1 N–H and O–H groups in total. The molecule has 22 heavy (non-hydrogen) atoms. The van der Waals surface area contributed by atoms with E-state index < -0.39 is 16.1 Å². The molecule has 2 amide bonds. The number of nitrogens with zero attached hydrogens (tertiary/aromatic N) is 1. The molecule has 1 heterocycles. The minimum Gasteiger partial charge on any atom is -0.469 e. The first-order chi connectivity index (χ1) is 10.4. The predicted molar refractivity (Wildman–Crippen MR) is 81.9 cm³/mol. The van der Waals surface area contributed by atoms with Crippen molar-refractivity contribution in [3.63, 3.8) is 0 Å². The number of furan rings is 1. The van der Waals surface area contributed by atoms with Crippen LogP contribution in [0.2, 0.25) is 0 Å². The van der Waals surface area contributed by atoms with Crippen LogP contribution in [0.25, 0.3) is 0 Å². The monoisotopic (exact) mass is 322 g/mol. The molecule has 0 aliphatic carbocycles. The van der Waals surface area contributed by atoms with Crippen molar-refractivity contribution < 1.29 is 17.6 Å². The Morgan fingerprint density at radius 1 is 1.23 bits per heavy atom. The van der Waals surface area contributed by atoms with Gasteiger partial charge in [-0.05, 0) is 31.2 Å². The van der Waals surface area contributed by atoms with Crippen molar-refractivity contribution in [2.45, 2.75) is 18.2 Å². The number of hydrogen-bond acceptors (Lipinski definition) is 4. The maximum absolute atomic E-state index is 12.1. The minimum absolute atomic E-state index is 0.0610. The van der Waals surface area contributed by atoms with E-state index in [-0.39, 0.29) is 4.90 Å². The smallest absolute Gasteiger partial charge is 0.331 e. The second-order valence-corrected chi connectivity index (χ2v) is 6.66. The van der Waals surface area contributed by atoms with Gasteiger partial charge in [-0.3, -0.25) is 0 Å². The molecule has 1 aromatic carbocycles. The molecule has 0 fully saturated rings. The molecule has 1 aromatic heterocycles. The predicted octanol–water partition coefficient (Wildman–Crippen LogP) is 2.16. The van der Waals surface area contributed by atoms with Gasteiger partial charge in [-0.2, -0.15) is 0 Å². The summed E-state index contributed by atoms with van der Waals surface area (Å²) in [5.41, 5.74) is 0.945. The van der Waals surface area contributed by atoms with Crippen molar-refractivity contribution in [2.24, 2.45) is 0 Å².